The highest BCUT2D eigenvalue weighted by Crippen LogP contribution is 2.50. The molecule has 2 heterocycles. The number of anilines is 1. The molecular formula is C21H16FNO5S. The zero-order chi connectivity index (χ0) is 20.7. The van der Waals surface area contributed by atoms with Gasteiger partial charge >= 0.3 is 5.97 Å². The Kier molecular flexibility index (Phi) is 4.71. The molecule has 0 bridgehead atoms. The van der Waals surface area contributed by atoms with Gasteiger partial charge in [0.15, 0.2) is 11.5 Å². The number of aromatic hydroxyl groups is 1. The molecule has 8 heteroatoms. The van der Waals surface area contributed by atoms with Gasteiger partial charge in [0, 0.05) is 22.8 Å². The molecule has 1 aromatic heterocycles. The quantitative estimate of drug-likeness (QED) is 0.588. The lowest BCUT2D eigenvalue weighted by Crippen LogP contribution is -2.22. The van der Waals surface area contributed by atoms with E-state index in [-0.39, 0.29) is 28.7 Å². The van der Waals surface area contributed by atoms with Crippen LogP contribution in [-0.4, -0.2) is 29.2 Å². The van der Waals surface area contributed by atoms with Crippen molar-refractivity contribution in [3.8, 4) is 22.6 Å². The summed E-state index contributed by atoms with van der Waals surface area (Å²) in [6.45, 7) is 0. The highest BCUT2D eigenvalue weighted by molar-refractivity contribution is 7.15. The van der Waals surface area contributed by atoms with Crippen LogP contribution in [0.1, 0.15) is 32.5 Å². The molecule has 0 aliphatic carbocycles. The summed E-state index contributed by atoms with van der Waals surface area (Å²) in [6.07, 6.45) is 0.128. The number of nitrogens with one attached hydrogen (secondary N) is 1. The maximum atomic E-state index is 13.4. The number of halogens is 1. The summed E-state index contributed by atoms with van der Waals surface area (Å²) in [7, 11) is 1.43. The molecule has 1 atom stereocenters. The minimum atomic E-state index is -1.12. The number of carboxylic acids is 1. The van der Waals surface area contributed by atoms with Gasteiger partial charge in [0.05, 0.1) is 12.8 Å². The van der Waals surface area contributed by atoms with E-state index in [2.05, 4.69) is 5.32 Å². The summed E-state index contributed by atoms with van der Waals surface area (Å²) in [5, 5.41) is 22.4. The first-order chi connectivity index (χ1) is 13.9. The van der Waals surface area contributed by atoms with Gasteiger partial charge in [-0.05, 0) is 35.4 Å². The van der Waals surface area contributed by atoms with Crippen LogP contribution >= 0.6 is 11.3 Å². The van der Waals surface area contributed by atoms with Gasteiger partial charge in [-0.15, -0.1) is 11.3 Å². The fourth-order valence-corrected chi connectivity index (χ4v) is 4.76. The molecular weight excluding hydrogens is 397 g/mol. The summed E-state index contributed by atoms with van der Waals surface area (Å²) < 4.78 is 18.5. The molecule has 0 spiro atoms. The standard InChI is InChI=1S/C21H16FNO5S/c1-28-15-8-11(4-7-14(15)24)13-9-16(25)23-18-17(10-2-5-12(22)6-3-10)20(21(26)27)29-19(13)18/h2-8,13,24H,9H2,1H3,(H,23,25)(H,26,27)/t13-/m1/s1. The first-order valence-electron chi connectivity index (χ1n) is 8.71. The average Bonchev–Trinajstić information content (AvgIpc) is 3.08. The first-order valence-corrected chi connectivity index (χ1v) is 9.53. The van der Waals surface area contributed by atoms with Gasteiger partial charge in [0.2, 0.25) is 5.91 Å². The van der Waals surface area contributed by atoms with Crippen LogP contribution in [0.25, 0.3) is 11.1 Å². The lowest BCUT2D eigenvalue weighted by molar-refractivity contribution is -0.116. The Labute approximate surface area is 169 Å². The minimum Gasteiger partial charge on any atom is -0.504 e. The van der Waals surface area contributed by atoms with Gasteiger partial charge in [0.1, 0.15) is 10.7 Å². The Morgan fingerprint density at radius 2 is 1.97 bits per heavy atom. The molecule has 148 valence electrons. The van der Waals surface area contributed by atoms with Gasteiger partial charge < -0.3 is 20.3 Å². The molecule has 0 saturated carbocycles. The SMILES string of the molecule is COc1cc([C@H]2CC(=O)Nc3c2sc(C(=O)O)c3-c2ccc(F)cc2)ccc1O. The maximum Gasteiger partial charge on any atom is 0.346 e. The number of aromatic carboxylic acids is 1. The lowest BCUT2D eigenvalue weighted by Gasteiger charge is -2.24. The average molecular weight is 413 g/mol. The van der Waals surface area contributed by atoms with Gasteiger partial charge in [-0.25, -0.2) is 9.18 Å². The van der Waals surface area contributed by atoms with Crippen LogP contribution in [0, 0.1) is 5.82 Å². The van der Waals surface area contributed by atoms with E-state index in [0.29, 0.717) is 21.7 Å². The van der Waals surface area contributed by atoms with Crippen molar-refractivity contribution in [3.05, 3.63) is 63.6 Å². The number of hydrogen-bond donors (Lipinski definition) is 3. The number of benzene rings is 2. The lowest BCUT2D eigenvalue weighted by atomic mass is 9.88. The number of phenols is 1. The van der Waals surface area contributed by atoms with Gasteiger partial charge in [-0.1, -0.05) is 18.2 Å². The van der Waals surface area contributed by atoms with Crippen LogP contribution < -0.4 is 10.1 Å². The smallest absolute Gasteiger partial charge is 0.346 e. The Morgan fingerprint density at radius 1 is 1.24 bits per heavy atom. The van der Waals surface area contributed by atoms with Crippen LogP contribution in [0.15, 0.2) is 42.5 Å². The van der Waals surface area contributed by atoms with Crippen LogP contribution in [0.3, 0.4) is 0 Å². The van der Waals surface area contributed by atoms with E-state index in [9.17, 15) is 24.2 Å². The van der Waals surface area contributed by atoms with Gasteiger partial charge in [0.25, 0.3) is 0 Å². The van der Waals surface area contributed by atoms with Crippen molar-refractivity contribution in [2.24, 2.45) is 0 Å². The fraction of sp³-hybridized carbons (Fsp3) is 0.143. The second kappa shape index (κ2) is 7.21. The summed E-state index contributed by atoms with van der Waals surface area (Å²) in [5.41, 5.74) is 2.01. The molecule has 4 rings (SSSR count). The Hall–Kier alpha value is -3.39. The Morgan fingerprint density at radius 3 is 2.62 bits per heavy atom. The third-order valence-corrected chi connectivity index (χ3v) is 6.13. The van der Waals surface area contributed by atoms with E-state index in [1.165, 1.54) is 37.4 Å². The highest BCUT2D eigenvalue weighted by atomic mass is 32.1. The number of carboxylic acid groups (broad SMARTS) is 1. The van der Waals surface area contributed by atoms with Crippen molar-refractivity contribution >= 4 is 28.9 Å². The molecule has 0 saturated heterocycles. The first kappa shape index (κ1) is 18.9. The molecule has 6 nitrogen and oxygen atoms in total. The van der Waals surface area contributed by atoms with E-state index in [1.807, 2.05) is 0 Å². The van der Waals surface area contributed by atoms with Crippen molar-refractivity contribution in [2.75, 3.05) is 12.4 Å². The third-order valence-electron chi connectivity index (χ3n) is 4.84. The monoisotopic (exact) mass is 413 g/mol. The largest absolute Gasteiger partial charge is 0.504 e. The molecule has 0 fully saturated rings. The number of rotatable bonds is 4. The maximum absolute atomic E-state index is 13.4. The molecule has 2 aromatic carbocycles. The number of fused-ring (bicyclic) bond motifs is 1. The second-order valence-electron chi connectivity index (χ2n) is 6.59. The second-order valence-corrected chi connectivity index (χ2v) is 7.65. The number of carbonyl (C=O) groups is 2. The van der Waals surface area contributed by atoms with Crippen molar-refractivity contribution < 1.29 is 28.9 Å². The number of amides is 1. The molecule has 0 radical (unpaired) electrons. The molecule has 3 aromatic rings. The van der Waals surface area contributed by atoms with E-state index in [4.69, 9.17) is 4.74 Å². The van der Waals surface area contributed by atoms with E-state index in [1.54, 1.807) is 12.1 Å². The fourth-order valence-electron chi connectivity index (χ4n) is 3.51. The van der Waals surface area contributed by atoms with Crippen LogP contribution in [0.4, 0.5) is 10.1 Å². The summed E-state index contributed by atoms with van der Waals surface area (Å²) in [4.78, 5) is 25.1. The number of ether oxygens (including phenoxy) is 1. The number of carbonyl (C=O) groups excluding carboxylic acids is 1. The summed E-state index contributed by atoms with van der Waals surface area (Å²) in [5.74, 6) is -1.98. The molecule has 1 aliphatic heterocycles. The summed E-state index contributed by atoms with van der Waals surface area (Å²) in [6, 6.07) is 10.3. The molecule has 3 N–H and O–H groups in total. The number of methoxy groups -OCH3 is 1. The number of phenolic OH excluding ortho intramolecular Hbond substituents is 1. The van der Waals surface area contributed by atoms with Crippen molar-refractivity contribution in [2.45, 2.75) is 12.3 Å². The predicted molar refractivity (Wildman–Crippen MR) is 106 cm³/mol. The van der Waals surface area contributed by atoms with E-state index < -0.39 is 17.7 Å². The van der Waals surface area contributed by atoms with Gasteiger partial charge in [-0.2, -0.15) is 0 Å². The van der Waals surface area contributed by atoms with Crippen LogP contribution in [-0.2, 0) is 4.79 Å². The Balaban J connectivity index is 1.92. The molecule has 29 heavy (non-hydrogen) atoms. The van der Waals surface area contributed by atoms with Gasteiger partial charge in [-0.3, -0.25) is 4.79 Å². The molecule has 1 aliphatic rings. The molecule has 0 unspecified atom stereocenters. The predicted octanol–water partition coefficient (Wildman–Crippen LogP) is 4.44. The van der Waals surface area contributed by atoms with Crippen molar-refractivity contribution in [3.63, 3.8) is 0 Å². The number of thiophene rings is 1. The topological polar surface area (TPSA) is 95.9 Å². The highest BCUT2D eigenvalue weighted by Gasteiger charge is 2.34. The minimum absolute atomic E-state index is 0.0267. The van der Waals surface area contributed by atoms with E-state index in [0.717, 1.165) is 16.9 Å². The van der Waals surface area contributed by atoms with Crippen LogP contribution in [0.5, 0.6) is 11.5 Å². The zero-order valence-corrected chi connectivity index (χ0v) is 16.0. The normalized spacial score (nSPS) is 15.5. The summed E-state index contributed by atoms with van der Waals surface area (Å²) >= 11 is 1.08. The third kappa shape index (κ3) is 3.31. The van der Waals surface area contributed by atoms with Crippen LogP contribution in [0.2, 0.25) is 0 Å². The van der Waals surface area contributed by atoms with Crippen molar-refractivity contribution in [1.29, 1.82) is 0 Å². The van der Waals surface area contributed by atoms with Crippen molar-refractivity contribution in [1.82, 2.24) is 0 Å². The molecule has 1 amide bonds. The van der Waals surface area contributed by atoms with E-state index >= 15 is 0 Å². The zero-order valence-electron chi connectivity index (χ0n) is 15.2. The Bertz CT molecular complexity index is 1120. The number of hydrogen-bond acceptors (Lipinski definition) is 5.